The molecule has 0 aliphatic carbocycles. The zero-order chi connectivity index (χ0) is 30.3. The van der Waals surface area contributed by atoms with Crippen LogP contribution in [-0.2, 0) is 18.0 Å². The van der Waals surface area contributed by atoms with Crippen LogP contribution in [0.25, 0.3) is 11.0 Å². The van der Waals surface area contributed by atoms with Crippen molar-refractivity contribution in [3.05, 3.63) is 82.5 Å². The second-order valence-corrected chi connectivity index (χ2v) is 11.0. The van der Waals surface area contributed by atoms with Crippen molar-refractivity contribution < 1.29 is 13.9 Å². The van der Waals surface area contributed by atoms with Gasteiger partial charge in [-0.25, -0.2) is 23.7 Å². The average Bonchev–Trinajstić information content (AvgIpc) is 3.39. The van der Waals surface area contributed by atoms with Gasteiger partial charge in [0.1, 0.15) is 5.82 Å². The summed E-state index contributed by atoms with van der Waals surface area (Å²) in [6, 6.07) is 16.2. The molecular formula is C32H40FN7O3. The molecule has 0 N–H and O–H groups in total. The first-order chi connectivity index (χ1) is 20.9. The average molecular weight is 590 g/mol. The minimum Gasteiger partial charge on any atom is -0.427 e. The molecule has 0 bridgehead atoms. The molecule has 0 spiro atoms. The standard InChI is InChI=1S/C32H40FN7O3/c1-4-18-38(19-5-2)32(42)43-23-40-29(41)14-17-34-30(40)36(3)26-15-20-37(21-16-26)31-35-27-8-6-7-9-28(27)39(31)22-24-10-12-25(33)13-11-24/h6-14,17,26H,4-5,15-16,18-23H2,1-3H3. The van der Waals surface area contributed by atoms with E-state index in [1.54, 1.807) is 4.90 Å². The van der Waals surface area contributed by atoms with Crippen molar-refractivity contribution in [1.29, 1.82) is 0 Å². The van der Waals surface area contributed by atoms with Crippen LogP contribution >= 0.6 is 0 Å². The summed E-state index contributed by atoms with van der Waals surface area (Å²) in [5.74, 6) is 1.11. The summed E-state index contributed by atoms with van der Waals surface area (Å²) in [5, 5.41) is 0. The van der Waals surface area contributed by atoms with Gasteiger partial charge < -0.3 is 24.0 Å². The Morgan fingerprint density at radius 1 is 1.00 bits per heavy atom. The predicted octanol–water partition coefficient (Wildman–Crippen LogP) is 5.10. The normalized spacial score (nSPS) is 13.8. The fourth-order valence-corrected chi connectivity index (χ4v) is 5.72. The van der Waals surface area contributed by atoms with Crippen LogP contribution < -0.4 is 15.4 Å². The Bertz CT molecular complexity index is 1570. The van der Waals surface area contributed by atoms with E-state index in [-0.39, 0.29) is 24.1 Å². The summed E-state index contributed by atoms with van der Waals surface area (Å²) < 4.78 is 22.7. The molecule has 43 heavy (non-hydrogen) atoms. The number of para-hydroxylation sites is 2. The maximum absolute atomic E-state index is 13.5. The first-order valence-electron chi connectivity index (χ1n) is 15.0. The SMILES string of the molecule is CCCN(CCC)C(=O)OCn1c(N(C)C2CCN(c3nc4ccccc4n3Cc3ccc(F)cc3)CC2)nccc1=O. The van der Waals surface area contributed by atoms with Gasteiger partial charge in [0.15, 0.2) is 6.73 Å². The fourth-order valence-electron chi connectivity index (χ4n) is 5.72. The van der Waals surface area contributed by atoms with Crippen molar-refractivity contribution in [2.75, 3.05) is 43.0 Å². The van der Waals surface area contributed by atoms with E-state index in [4.69, 9.17) is 9.72 Å². The molecule has 1 fully saturated rings. The van der Waals surface area contributed by atoms with Crippen molar-refractivity contribution >= 4 is 29.0 Å². The van der Waals surface area contributed by atoms with Gasteiger partial charge in [-0.05, 0) is 55.5 Å². The molecule has 0 unspecified atom stereocenters. The number of amides is 1. The molecule has 1 saturated heterocycles. The van der Waals surface area contributed by atoms with Gasteiger partial charge in [0, 0.05) is 51.5 Å². The van der Waals surface area contributed by atoms with E-state index in [1.807, 2.05) is 56.1 Å². The first-order valence-corrected chi connectivity index (χ1v) is 15.0. The van der Waals surface area contributed by atoms with Crippen LogP contribution in [0.5, 0.6) is 0 Å². The molecule has 0 radical (unpaired) electrons. The third-order valence-corrected chi connectivity index (χ3v) is 7.98. The number of aromatic nitrogens is 4. The van der Waals surface area contributed by atoms with E-state index in [0.29, 0.717) is 25.6 Å². The molecule has 0 saturated carbocycles. The van der Waals surface area contributed by atoms with Gasteiger partial charge in [0.2, 0.25) is 11.9 Å². The maximum atomic E-state index is 13.5. The molecule has 1 aliphatic heterocycles. The minimum atomic E-state index is -0.426. The molecule has 5 rings (SSSR count). The van der Waals surface area contributed by atoms with Crippen LogP contribution in [0, 0.1) is 5.82 Å². The number of ether oxygens (including phenoxy) is 1. The Kier molecular flexibility index (Phi) is 9.58. The van der Waals surface area contributed by atoms with Crippen LogP contribution in [0.4, 0.5) is 21.1 Å². The quantitative estimate of drug-likeness (QED) is 0.241. The summed E-state index contributed by atoms with van der Waals surface area (Å²) in [7, 11) is 1.94. The van der Waals surface area contributed by atoms with Gasteiger partial charge in [-0.15, -0.1) is 0 Å². The number of rotatable bonds is 11. The van der Waals surface area contributed by atoms with Gasteiger partial charge in [-0.2, -0.15) is 0 Å². The molecule has 2 aromatic carbocycles. The lowest BCUT2D eigenvalue weighted by atomic mass is 10.0. The predicted molar refractivity (Wildman–Crippen MR) is 166 cm³/mol. The van der Waals surface area contributed by atoms with Gasteiger partial charge in [0.25, 0.3) is 5.56 Å². The molecule has 2 aromatic heterocycles. The van der Waals surface area contributed by atoms with Crippen LogP contribution in [-0.4, -0.2) is 69.4 Å². The molecule has 4 aromatic rings. The summed E-state index contributed by atoms with van der Waals surface area (Å²) in [6.07, 6.45) is 4.38. The number of hydrogen-bond acceptors (Lipinski definition) is 7. The number of piperidine rings is 1. The Balaban J connectivity index is 1.30. The number of halogens is 1. The highest BCUT2D eigenvalue weighted by Crippen LogP contribution is 2.28. The fraction of sp³-hybridized carbons (Fsp3) is 0.438. The molecule has 1 aliphatic rings. The number of fused-ring (bicyclic) bond motifs is 1. The third-order valence-electron chi connectivity index (χ3n) is 7.98. The van der Waals surface area contributed by atoms with E-state index >= 15 is 0 Å². The number of carbonyl (C=O) groups excluding carboxylic acids is 1. The van der Waals surface area contributed by atoms with Crippen LogP contribution in [0.2, 0.25) is 0 Å². The van der Waals surface area contributed by atoms with E-state index in [2.05, 4.69) is 20.5 Å². The van der Waals surface area contributed by atoms with Gasteiger partial charge >= 0.3 is 6.09 Å². The largest absolute Gasteiger partial charge is 0.427 e. The molecule has 1 amide bonds. The lowest BCUT2D eigenvalue weighted by molar-refractivity contribution is 0.0744. The van der Waals surface area contributed by atoms with Crippen LogP contribution in [0.1, 0.15) is 45.1 Å². The highest BCUT2D eigenvalue weighted by Gasteiger charge is 2.28. The number of carbonyl (C=O) groups is 1. The van der Waals surface area contributed by atoms with Crippen LogP contribution in [0.15, 0.2) is 65.6 Å². The Morgan fingerprint density at radius 3 is 2.40 bits per heavy atom. The number of benzene rings is 2. The molecule has 11 heteroatoms. The highest BCUT2D eigenvalue weighted by molar-refractivity contribution is 5.79. The Morgan fingerprint density at radius 2 is 1.70 bits per heavy atom. The monoisotopic (exact) mass is 589 g/mol. The topological polar surface area (TPSA) is 88.7 Å². The van der Waals surface area contributed by atoms with Gasteiger partial charge in [-0.1, -0.05) is 38.1 Å². The van der Waals surface area contributed by atoms with Gasteiger partial charge in [-0.3, -0.25) is 4.79 Å². The van der Waals surface area contributed by atoms with Crippen molar-refractivity contribution in [3.8, 4) is 0 Å². The smallest absolute Gasteiger partial charge is 0.411 e. The molecule has 10 nitrogen and oxygen atoms in total. The summed E-state index contributed by atoms with van der Waals surface area (Å²) in [6.45, 7) is 7.16. The molecule has 0 atom stereocenters. The first kappa shape index (κ1) is 30.1. The van der Waals surface area contributed by atoms with Gasteiger partial charge in [0.05, 0.1) is 17.6 Å². The zero-order valence-corrected chi connectivity index (χ0v) is 25.2. The van der Waals surface area contributed by atoms with Crippen molar-refractivity contribution in [1.82, 2.24) is 24.0 Å². The summed E-state index contributed by atoms with van der Waals surface area (Å²) >= 11 is 0. The Hall–Kier alpha value is -4.41. The van der Waals surface area contributed by atoms with Crippen molar-refractivity contribution in [2.24, 2.45) is 0 Å². The Labute approximate surface area is 251 Å². The van der Waals surface area contributed by atoms with E-state index in [1.165, 1.54) is 29.0 Å². The second kappa shape index (κ2) is 13.7. The number of imidazole rings is 1. The summed E-state index contributed by atoms with van der Waals surface area (Å²) in [5.41, 5.74) is 2.68. The zero-order valence-electron chi connectivity index (χ0n) is 25.2. The van der Waals surface area contributed by atoms with E-state index < -0.39 is 6.09 Å². The van der Waals surface area contributed by atoms with Crippen LogP contribution in [0.3, 0.4) is 0 Å². The lowest BCUT2D eigenvalue weighted by Gasteiger charge is -2.38. The van der Waals surface area contributed by atoms with Crippen molar-refractivity contribution in [2.45, 2.75) is 58.8 Å². The molecule has 228 valence electrons. The second-order valence-electron chi connectivity index (χ2n) is 11.0. The lowest BCUT2D eigenvalue weighted by Crippen LogP contribution is -2.46. The molecule has 3 heterocycles. The molecular weight excluding hydrogens is 549 g/mol. The van der Waals surface area contributed by atoms with E-state index in [0.717, 1.165) is 61.3 Å². The highest BCUT2D eigenvalue weighted by atomic mass is 19.1. The number of nitrogens with zero attached hydrogens (tertiary/aromatic N) is 7. The maximum Gasteiger partial charge on any atom is 0.411 e. The van der Waals surface area contributed by atoms with E-state index in [9.17, 15) is 14.0 Å². The van der Waals surface area contributed by atoms with Crippen molar-refractivity contribution in [3.63, 3.8) is 0 Å². The third kappa shape index (κ3) is 6.81. The summed E-state index contributed by atoms with van der Waals surface area (Å²) in [4.78, 5) is 41.0. The number of anilines is 2. The minimum absolute atomic E-state index is 0.124. The number of hydrogen-bond donors (Lipinski definition) is 0.